The molecule has 0 spiro atoms. The van der Waals surface area contributed by atoms with Crippen molar-refractivity contribution < 1.29 is 14.6 Å². The summed E-state index contributed by atoms with van der Waals surface area (Å²) in [5, 5.41) is 9.19. The van der Waals surface area contributed by atoms with E-state index in [2.05, 4.69) is 28.4 Å². The van der Waals surface area contributed by atoms with Crippen LogP contribution in [0.2, 0.25) is 0 Å². The molecule has 3 heteroatoms. The molecule has 0 bridgehead atoms. The second-order valence-corrected chi connectivity index (χ2v) is 3.51. The molecule has 92 valence electrons. The molecule has 0 aliphatic rings. The van der Waals surface area contributed by atoms with Crippen LogP contribution >= 0.6 is 0 Å². The molecule has 0 radical (unpaired) electrons. The first-order valence-corrected chi connectivity index (χ1v) is 5.55. The molecule has 3 nitrogen and oxygen atoms in total. The number of ether oxygens (including phenoxy) is 1. The lowest BCUT2D eigenvalue weighted by Gasteiger charge is -1.97. The molecule has 1 N–H and O–H groups in total. The van der Waals surface area contributed by atoms with Crippen LogP contribution in [0.4, 0.5) is 0 Å². The minimum atomic E-state index is -0.624. The quantitative estimate of drug-likeness (QED) is 0.633. The van der Waals surface area contributed by atoms with Crippen LogP contribution in [0.15, 0.2) is 24.3 Å². The maximum Gasteiger partial charge on any atom is 0.337 e. The lowest BCUT2D eigenvalue weighted by atomic mass is 10.1. The highest BCUT2D eigenvalue weighted by Crippen LogP contribution is 2.04. The van der Waals surface area contributed by atoms with Gasteiger partial charge in [0.1, 0.15) is 6.10 Å². The molecule has 1 aromatic carbocycles. The fourth-order valence-electron chi connectivity index (χ4n) is 1.13. The van der Waals surface area contributed by atoms with Gasteiger partial charge in [-0.3, -0.25) is 0 Å². The zero-order valence-electron chi connectivity index (χ0n) is 10.4. The monoisotopic (exact) mass is 242 g/mol. The summed E-state index contributed by atoms with van der Waals surface area (Å²) in [6, 6.07) is 6.72. The summed E-state index contributed by atoms with van der Waals surface area (Å²) in [5.41, 5.74) is 1.23. The normalized spacial score (nSPS) is 10.4. The fraction of sp³-hybridized carbons (Fsp3) is 0.267. The van der Waals surface area contributed by atoms with E-state index >= 15 is 0 Å². The first kappa shape index (κ1) is 13.8. The Hall–Kier alpha value is -2.23. The van der Waals surface area contributed by atoms with Crippen molar-refractivity contribution in [1.82, 2.24) is 0 Å². The van der Waals surface area contributed by atoms with Gasteiger partial charge in [0.15, 0.2) is 0 Å². The molecule has 18 heavy (non-hydrogen) atoms. The van der Waals surface area contributed by atoms with Crippen molar-refractivity contribution in [3.63, 3.8) is 0 Å². The molecule has 0 aromatic heterocycles. The third-order valence-electron chi connectivity index (χ3n) is 2.20. The molecular formula is C15H14O3. The number of hydrogen-bond donors (Lipinski definition) is 1. The maximum atomic E-state index is 11.2. The third kappa shape index (κ3) is 4.33. The summed E-state index contributed by atoms with van der Waals surface area (Å²) in [6.07, 6.45) is -0.0383. The summed E-state index contributed by atoms with van der Waals surface area (Å²) < 4.78 is 4.59. The van der Waals surface area contributed by atoms with Gasteiger partial charge < -0.3 is 9.84 Å². The molecule has 1 aromatic rings. The maximum absolute atomic E-state index is 11.2. The number of esters is 1. The van der Waals surface area contributed by atoms with Crippen molar-refractivity contribution in [1.29, 1.82) is 0 Å². The van der Waals surface area contributed by atoms with Crippen molar-refractivity contribution in [3.05, 3.63) is 35.4 Å². The van der Waals surface area contributed by atoms with Crippen LogP contribution in [-0.4, -0.2) is 24.3 Å². The Labute approximate surface area is 107 Å². The number of methoxy groups -OCH3 is 1. The van der Waals surface area contributed by atoms with Gasteiger partial charge in [-0.1, -0.05) is 18.8 Å². The Bertz CT molecular complexity index is 521. The van der Waals surface area contributed by atoms with Crippen molar-refractivity contribution in [3.8, 4) is 23.7 Å². The number of carbonyl (C=O) groups is 1. The zero-order chi connectivity index (χ0) is 13.4. The van der Waals surface area contributed by atoms with E-state index in [1.165, 1.54) is 7.11 Å². The van der Waals surface area contributed by atoms with E-state index in [9.17, 15) is 9.90 Å². The minimum Gasteiger partial charge on any atom is -0.465 e. The lowest BCUT2D eigenvalue weighted by Crippen LogP contribution is -2.00. The number of carbonyl (C=O) groups excluding carboxylic acids is 1. The highest BCUT2D eigenvalue weighted by atomic mass is 16.5. The first-order chi connectivity index (χ1) is 8.67. The van der Waals surface area contributed by atoms with Crippen molar-refractivity contribution in [2.24, 2.45) is 0 Å². The highest BCUT2D eigenvalue weighted by molar-refractivity contribution is 5.89. The van der Waals surface area contributed by atoms with Crippen LogP contribution in [0, 0.1) is 23.7 Å². The van der Waals surface area contributed by atoms with Gasteiger partial charge in [-0.05, 0) is 42.5 Å². The molecule has 0 fully saturated rings. The molecule has 1 atom stereocenters. The van der Waals surface area contributed by atoms with Gasteiger partial charge in [-0.15, -0.1) is 0 Å². The Morgan fingerprint density at radius 3 is 2.56 bits per heavy atom. The number of rotatable bonds is 2. The molecule has 0 heterocycles. The molecule has 1 rings (SSSR count). The second-order valence-electron chi connectivity index (χ2n) is 3.51. The van der Waals surface area contributed by atoms with Gasteiger partial charge in [-0.2, -0.15) is 0 Å². The Kier molecular flexibility index (Phi) is 5.51. The SMILES string of the molecule is CCC(O)C#CC#Cc1ccc(C(=O)OC)cc1. The summed E-state index contributed by atoms with van der Waals surface area (Å²) in [4.78, 5) is 11.2. The Morgan fingerprint density at radius 2 is 2.00 bits per heavy atom. The van der Waals surface area contributed by atoms with Crippen molar-refractivity contribution in [2.45, 2.75) is 19.4 Å². The molecule has 0 aliphatic carbocycles. The zero-order valence-corrected chi connectivity index (χ0v) is 10.4. The van der Waals surface area contributed by atoms with Crippen LogP contribution in [-0.2, 0) is 4.74 Å². The van der Waals surface area contributed by atoms with E-state index < -0.39 is 6.10 Å². The Morgan fingerprint density at radius 1 is 1.33 bits per heavy atom. The van der Waals surface area contributed by atoms with E-state index in [4.69, 9.17) is 0 Å². The van der Waals surface area contributed by atoms with Gasteiger partial charge >= 0.3 is 5.97 Å². The van der Waals surface area contributed by atoms with E-state index in [-0.39, 0.29) is 5.97 Å². The molecule has 0 saturated carbocycles. The molecule has 0 saturated heterocycles. The van der Waals surface area contributed by atoms with Gasteiger partial charge in [0.2, 0.25) is 0 Å². The molecule has 0 amide bonds. The number of hydrogen-bond acceptors (Lipinski definition) is 3. The molecule has 1 unspecified atom stereocenters. The smallest absolute Gasteiger partial charge is 0.337 e. The fourth-order valence-corrected chi connectivity index (χ4v) is 1.13. The molecule has 0 aliphatic heterocycles. The van der Waals surface area contributed by atoms with Crippen molar-refractivity contribution >= 4 is 5.97 Å². The van der Waals surface area contributed by atoms with Gasteiger partial charge in [-0.25, -0.2) is 4.79 Å². The predicted octanol–water partition coefficient (Wildman–Crippen LogP) is 1.60. The third-order valence-corrected chi connectivity index (χ3v) is 2.20. The number of benzene rings is 1. The van der Waals surface area contributed by atoms with E-state index in [1.807, 2.05) is 6.92 Å². The summed E-state index contributed by atoms with van der Waals surface area (Å²) in [7, 11) is 1.34. The lowest BCUT2D eigenvalue weighted by molar-refractivity contribution is 0.0600. The van der Waals surface area contributed by atoms with Crippen LogP contribution in [0.1, 0.15) is 29.3 Å². The van der Waals surface area contributed by atoms with Crippen LogP contribution in [0.25, 0.3) is 0 Å². The Balaban J connectivity index is 2.72. The predicted molar refractivity (Wildman–Crippen MR) is 68.7 cm³/mol. The largest absolute Gasteiger partial charge is 0.465 e. The highest BCUT2D eigenvalue weighted by Gasteiger charge is 2.02. The average molecular weight is 242 g/mol. The number of aliphatic hydroxyl groups is 1. The average Bonchev–Trinajstić information content (AvgIpc) is 2.43. The van der Waals surface area contributed by atoms with E-state index in [1.54, 1.807) is 24.3 Å². The van der Waals surface area contributed by atoms with Gasteiger partial charge in [0.25, 0.3) is 0 Å². The standard InChI is InChI=1S/C15H14O3/c1-3-14(16)7-5-4-6-12-8-10-13(11-9-12)15(17)18-2/h8-11,14,16H,3H2,1-2H3. The first-order valence-electron chi connectivity index (χ1n) is 5.55. The minimum absolute atomic E-state index is 0.375. The topological polar surface area (TPSA) is 46.5 Å². The summed E-state index contributed by atoms with van der Waals surface area (Å²) in [5.74, 6) is 10.3. The van der Waals surface area contributed by atoms with Crippen LogP contribution < -0.4 is 0 Å². The van der Waals surface area contributed by atoms with Crippen LogP contribution in [0.3, 0.4) is 0 Å². The molecular weight excluding hydrogens is 228 g/mol. The second kappa shape index (κ2) is 7.17. The summed E-state index contributed by atoms with van der Waals surface area (Å²) >= 11 is 0. The van der Waals surface area contributed by atoms with E-state index in [0.717, 1.165) is 5.56 Å². The van der Waals surface area contributed by atoms with Crippen LogP contribution in [0.5, 0.6) is 0 Å². The van der Waals surface area contributed by atoms with Crippen molar-refractivity contribution in [2.75, 3.05) is 7.11 Å². The number of aliphatic hydroxyl groups excluding tert-OH is 1. The van der Waals surface area contributed by atoms with E-state index in [0.29, 0.717) is 12.0 Å². The summed E-state index contributed by atoms with van der Waals surface area (Å²) in [6.45, 7) is 1.85. The van der Waals surface area contributed by atoms with Gasteiger partial charge in [0, 0.05) is 5.56 Å². The van der Waals surface area contributed by atoms with Gasteiger partial charge in [0.05, 0.1) is 12.7 Å².